The zero-order chi connectivity index (χ0) is 22.9. The maximum absolute atomic E-state index is 14.3. The molecule has 1 amide bonds. The Morgan fingerprint density at radius 1 is 0.970 bits per heavy atom. The van der Waals surface area contributed by atoms with Crippen LogP contribution >= 0.6 is 22.9 Å². The van der Waals surface area contributed by atoms with E-state index >= 15 is 0 Å². The molecule has 7 heteroatoms. The minimum Gasteiger partial charge on any atom is -0.457 e. The highest BCUT2D eigenvalue weighted by Crippen LogP contribution is 2.45. The van der Waals surface area contributed by atoms with Gasteiger partial charge in [-0.1, -0.05) is 65.4 Å². The van der Waals surface area contributed by atoms with Crippen LogP contribution < -0.4 is 9.64 Å². The van der Waals surface area contributed by atoms with E-state index < -0.39 is 5.92 Å². The van der Waals surface area contributed by atoms with Crippen LogP contribution in [0.5, 0.6) is 11.5 Å². The third-order valence-corrected chi connectivity index (χ3v) is 7.12. The standard InChI is InChI=1S/C26H24ClN3O2S/c1-29(2)15-8-16-30(26-28-24-19(27)11-7-14-22(24)33-26)25(31)23-17-9-3-5-12-20(17)32-21-13-6-4-10-18(21)23/h3-7,9-14,23H,8,15-16H2,1-2H3. The fourth-order valence-electron chi connectivity index (χ4n) is 4.20. The molecule has 1 aliphatic rings. The Balaban J connectivity index is 1.59. The summed E-state index contributed by atoms with van der Waals surface area (Å²) in [6.45, 7) is 1.44. The third-order valence-electron chi connectivity index (χ3n) is 5.77. The van der Waals surface area contributed by atoms with E-state index in [1.807, 2.05) is 85.7 Å². The summed E-state index contributed by atoms with van der Waals surface area (Å²) in [4.78, 5) is 23.0. The lowest BCUT2D eigenvalue weighted by atomic mass is 9.87. The topological polar surface area (TPSA) is 45.7 Å². The zero-order valence-corrected chi connectivity index (χ0v) is 20.1. The second-order valence-corrected chi connectivity index (χ2v) is 9.76. The van der Waals surface area contributed by atoms with Crippen LogP contribution in [0.4, 0.5) is 5.13 Å². The lowest BCUT2D eigenvalue weighted by Gasteiger charge is -2.31. The van der Waals surface area contributed by atoms with Crippen LogP contribution in [0.15, 0.2) is 66.7 Å². The number of hydrogen-bond acceptors (Lipinski definition) is 5. The summed E-state index contributed by atoms with van der Waals surface area (Å²) in [6, 6.07) is 21.3. The second-order valence-electron chi connectivity index (χ2n) is 8.34. The van der Waals surface area contributed by atoms with Crippen LogP contribution in [0.3, 0.4) is 0 Å². The first-order chi connectivity index (χ1) is 16.0. The smallest absolute Gasteiger partial charge is 0.241 e. The van der Waals surface area contributed by atoms with Crippen molar-refractivity contribution >= 4 is 44.2 Å². The van der Waals surface area contributed by atoms with E-state index in [2.05, 4.69) is 4.90 Å². The molecule has 0 fully saturated rings. The number of halogens is 1. The first-order valence-corrected chi connectivity index (χ1v) is 12.1. The predicted octanol–water partition coefficient (Wildman–Crippen LogP) is 6.17. The summed E-state index contributed by atoms with van der Waals surface area (Å²) in [5.74, 6) is 0.963. The molecule has 1 aliphatic heterocycles. The van der Waals surface area contributed by atoms with Gasteiger partial charge in [-0.2, -0.15) is 0 Å². The van der Waals surface area contributed by atoms with Gasteiger partial charge < -0.3 is 9.64 Å². The number of fused-ring (bicyclic) bond motifs is 3. The van der Waals surface area contributed by atoms with E-state index in [1.54, 1.807) is 0 Å². The Morgan fingerprint density at radius 3 is 2.27 bits per heavy atom. The predicted molar refractivity (Wildman–Crippen MR) is 135 cm³/mol. The Bertz CT molecular complexity index is 1270. The first kappa shape index (κ1) is 21.9. The first-order valence-electron chi connectivity index (χ1n) is 10.9. The van der Waals surface area contributed by atoms with E-state index in [9.17, 15) is 4.79 Å². The van der Waals surface area contributed by atoms with E-state index in [1.165, 1.54) is 11.3 Å². The van der Waals surface area contributed by atoms with Gasteiger partial charge in [-0.3, -0.25) is 9.69 Å². The molecule has 1 aromatic heterocycles. The number of hydrogen-bond donors (Lipinski definition) is 0. The maximum Gasteiger partial charge on any atom is 0.241 e. The van der Waals surface area contributed by atoms with E-state index in [4.69, 9.17) is 21.3 Å². The summed E-state index contributed by atoms with van der Waals surface area (Å²) >= 11 is 7.90. The van der Waals surface area contributed by atoms with Gasteiger partial charge in [0.2, 0.25) is 5.91 Å². The molecule has 0 aliphatic carbocycles. The Morgan fingerprint density at radius 2 is 1.64 bits per heavy atom. The molecule has 4 aromatic rings. The molecule has 0 saturated heterocycles. The fraction of sp³-hybridized carbons (Fsp3) is 0.231. The highest BCUT2D eigenvalue weighted by atomic mass is 35.5. The largest absolute Gasteiger partial charge is 0.457 e. The molecule has 0 spiro atoms. The van der Waals surface area contributed by atoms with Crippen molar-refractivity contribution in [1.29, 1.82) is 0 Å². The molecule has 168 valence electrons. The molecule has 5 nitrogen and oxygen atoms in total. The summed E-state index contributed by atoms with van der Waals surface area (Å²) in [5, 5.41) is 1.26. The van der Waals surface area contributed by atoms with Gasteiger partial charge >= 0.3 is 0 Å². The number of benzene rings is 3. The third kappa shape index (κ3) is 4.22. The lowest BCUT2D eigenvalue weighted by molar-refractivity contribution is -0.119. The van der Waals surface area contributed by atoms with Crippen molar-refractivity contribution in [1.82, 2.24) is 9.88 Å². The van der Waals surface area contributed by atoms with Crippen LogP contribution in [0.1, 0.15) is 23.5 Å². The molecule has 3 aromatic carbocycles. The van der Waals surface area contributed by atoms with Crippen molar-refractivity contribution in [2.24, 2.45) is 0 Å². The number of anilines is 1. The second kappa shape index (κ2) is 9.14. The minimum atomic E-state index is -0.465. The van der Waals surface area contributed by atoms with Gasteiger partial charge in [-0.25, -0.2) is 4.98 Å². The number of aromatic nitrogens is 1. The van der Waals surface area contributed by atoms with Crippen molar-refractivity contribution in [2.45, 2.75) is 12.3 Å². The molecule has 0 unspecified atom stereocenters. The number of thiazole rings is 1. The Labute approximate surface area is 202 Å². The van der Waals surface area contributed by atoms with Crippen molar-refractivity contribution in [2.75, 3.05) is 32.1 Å². The molecule has 33 heavy (non-hydrogen) atoms. The highest BCUT2D eigenvalue weighted by molar-refractivity contribution is 7.22. The van der Waals surface area contributed by atoms with Crippen molar-refractivity contribution in [3.8, 4) is 11.5 Å². The van der Waals surface area contributed by atoms with Gasteiger partial charge in [0, 0.05) is 17.7 Å². The number of ether oxygens (including phenoxy) is 1. The Hall–Kier alpha value is -2.93. The number of amides is 1. The summed E-state index contributed by atoms with van der Waals surface area (Å²) < 4.78 is 7.08. The molecule has 0 N–H and O–H groups in total. The van der Waals surface area contributed by atoms with Gasteiger partial charge in [0.15, 0.2) is 5.13 Å². The molecule has 0 atom stereocenters. The van der Waals surface area contributed by atoms with Gasteiger partial charge in [-0.05, 0) is 51.3 Å². The molecule has 5 rings (SSSR count). The zero-order valence-electron chi connectivity index (χ0n) is 18.5. The highest BCUT2D eigenvalue weighted by Gasteiger charge is 2.36. The number of carbonyl (C=O) groups excluding carboxylic acids is 1. The van der Waals surface area contributed by atoms with Crippen molar-refractivity contribution in [3.63, 3.8) is 0 Å². The summed E-state index contributed by atoms with van der Waals surface area (Å²) in [7, 11) is 4.07. The average Bonchev–Trinajstić information content (AvgIpc) is 3.25. The molecule has 2 heterocycles. The van der Waals surface area contributed by atoms with Crippen LogP contribution in [-0.2, 0) is 4.79 Å². The molecular weight excluding hydrogens is 454 g/mol. The molecule has 0 saturated carbocycles. The average molecular weight is 478 g/mol. The number of rotatable bonds is 6. The van der Waals surface area contributed by atoms with Crippen LogP contribution in [0.2, 0.25) is 5.02 Å². The van der Waals surface area contributed by atoms with Crippen molar-refractivity contribution in [3.05, 3.63) is 82.9 Å². The SMILES string of the molecule is CN(C)CCCN(C(=O)C1c2ccccc2Oc2ccccc21)c1nc2c(Cl)cccc2s1. The minimum absolute atomic E-state index is 0.00728. The molecule has 0 bridgehead atoms. The van der Waals surface area contributed by atoms with Crippen LogP contribution in [0.25, 0.3) is 10.2 Å². The van der Waals surface area contributed by atoms with Gasteiger partial charge in [0.1, 0.15) is 17.0 Å². The summed E-state index contributed by atoms with van der Waals surface area (Å²) in [5.41, 5.74) is 2.48. The van der Waals surface area contributed by atoms with Crippen LogP contribution in [0, 0.1) is 0 Å². The van der Waals surface area contributed by atoms with Gasteiger partial charge in [0.05, 0.1) is 15.6 Å². The lowest BCUT2D eigenvalue weighted by Crippen LogP contribution is -2.38. The normalized spacial score (nSPS) is 13.0. The number of carbonyl (C=O) groups is 1. The van der Waals surface area contributed by atoms with Crippen molar-refractivity contribution < 1.29 is 9.53 Å². The number of nitrogens with zero attached hydrogens (tertiary/aromatic N) is 3. The van der Waals surface area contributed by atoms with E-state index in [0.717, 1.165) is 45.8 Å². The monoisotopic (exact) mass is 477 g/mol. The number of para-hydroxylation sites is 3. The summed E-state index contributed by atoms with van der Waals surface area (Å²) in [6.07, 6.45) is 0.828. The van der Waals surface area contributed by atoms with Crippen LogP contribution in [-0.4, -0.2) is 43.0 Å². The van der Waals surface area contributed by atoms with E-state index in [-0.39, 0.29) is 5.91 Å². The maximum atomic E-state index is 14.3. The van der Waals surface area contributed by atoms with E-state index in [0.29, 0.717) is 16.7 Å². The molecular formula is C26H24ClN3O2S. The Kier molecular flexibility index (Phi) is 6.06. The molecule has 0 radical (unpaired) electrons. The quantitative estimate of drug-likeness (QED) is 0.333. The fourth-order valence-corrected chi connectivity index (χ4v) is 5.49. The van der Waals surface area contributed by atoms with Gasteiger partial charge in [0.25, 0.3) is 0 Å². The van der Waals surface area contributed by atoms with Gasteiger partial charge in [-0.15, -0.1) is 0 Å².